The Bertz CT molecular complexity index is 781. The van der Waals surface area contributed by atoms with Crippen molar-refractivity contribution >= 4 is 33.4 Å². The molecule has 2 aromatic rings. The number of hydrogen-bond acceptors (Lipinski definition) is 5. The molecule has 1 aromatic carbocycles. The molecule has 0 amide bonds. The Hall–Kier alpha value is -2.08. The van der Waals surface area contributed by atoms with Crippen LogP contribution in [-0.4, -0.2) is 28.2 Å². The van der Waals surface area contributed by atoms with E-state index in [1.165, 1.54) is 0 Å². The standard InChI is InChI=1S/C14H11BrF6N4O/c15-8-5-7(13(16,17)18)1-2-9(8)23-11-6-10(14(19,20)21)24-12(25-11)22-3-4-26/h1-2,5-6,26H,3-4H2,(H2,22,23,24,25). The van der Waals surface area contributed by atoms with Gasteiger partial charge in [-0.3, -0.25) is 0 Å². The predicted molar refractivity (Wildman–Crippen MR) is 85.0 cm³/mol. The lowest BCUT2D eigenvalue weighted by Crippen LogP contribution is -2.15. The third-order valence-corrected chi connectivity index (χ3v) is 3.63. The first-order valence-electron chi connectivity index (χ1n) is 6.95. The second kappa shape index (κ2) is 7.66. The van der Waals surface area contributed by atoms with Crippen LogP contribution in [0.1, 0.15) is 11.3 Å². The average Bonchev–Trinajstić information content (AvgIpc) is 2.53. The molecule has 0 atom stereocenters. The molecule has 0 radical (unpaired) electrons. The van der Waals surface area contributed by atoms with Crippen molar-refractivity contribution in [2.75, 3.05) is 23.8 Å². The molecular weight excluding hydrogens is 434 g/mol. The zero-order valence-electron chi connectivity index (χ0n) is 12.7. The average molecular weight is 445 g/mol. The van der Waals surface area contributed by atoms with Gasteiger partial charge in [0.05, 0.1) is 17.9 Å². The highest BCUT2D eigenvalue weighted by atomic mass is 79.9. The fourth-order valence-corrected chi connectivity index (χ4v) is 2.31. The maximum atomic E-state index is 12.9. The molecule has 5 nitrogen and oxygen atoms in total. The number of aliphatic hydroxyl groups is 1. The van der Waals surface area contributed by atoms with Crippen LogP contribution in [0.4, 0.5) is 43.8 Å². The number of rotatable bonds is 5. The summed E-state index contributed by atoms with van der Waals surface area (Å²) in [6, 6.07) is 3.25. The summed E-state index contributed by atoms with van der Waals surface area (Å²) < 4.78 is 76.8. The molecule has 0 aliphatic heterocycles. The first kappa shape index (κ1) is 20.2. The summed E-state index contributed by atoms with van der Waals surface area (Å²) in [6.07, 6.45) is -9.31. The van der Waals surface area contributed by atoms with E-state index in [0.29, 0.717) is 6.07 Å². The summed E-state index contributed by atoms with van der Waals surface area (Å²) >= 11 is 2.94. The largest absolute Gasteiger partial charge is 0.433 e. The van der Waals surface area contributed by atoms with Gasteiger partial charge in [-0.2, -0.15) is 31.3 Å². The van der Waals surface area contributed by atoms with E-state index in [4.69, 9.17) is 5.11 Å². The molecule has 1 aromatic heterocycles. The number of hydrogen-bond donors (Lipinski definition) is 3. The minimum atomic E-state index is -4.76. The highest BCUT2D eigenvalue weighted by molar-refractivity contribution is 9.10. The van der Waals surface area contributed by atoms with Crippen molar-refractivity contribution < 1.29 is 31.4 Å². The van der Waals surface area contributed by atoms with Crippen LogP contribution < -0.4 is 10.6 Å². The molecule has 0 fully saturated rings. The molecule has 0 saturated carbocycles. The molecule has 0 bridgehead atoms. The first-order chi connectivity index (χ1) is 12.0. The number of nitrogens with zero attached hydrogens (tertiary/aromatic N) is 2. The van der Waals surface area contributed by atoms with E-state index in [1.807, 2.05) is 0 Å². The van der Waals surface area contributed by atoms with Gasteiger partial charge < -0.3 is 15.7 Å². The van der Waals surface area contributed by atoms with Gasteiger partial charge in [0.2, 0.25) is 5.95 Å². The maximum Gasteiger partial charge on any atom is 0.433 e. The van der Waals surface area contributed by atoms with Crippen LogP contribution in [0.5, 0.6) is 0 Å². The van der Waals surface area contributed by atoms with Crippen molar-refractivity contribution in [2.24, 2.45) is 0 Å². The molecule has 0 unspecified atom stereocenters. The van der Waals surface area contributed by atoms with Gasteiger partial charge in [0, 0.05) is 17.1 Å². The summed E-state index contributed by atoms with van der Waals surface area (Å²) in [5.41, 5.74) is -2.09. The molecule has 2 rings (SSSR count). The zero-order chi connectivity index (χ0) is 19.5. The van der Waals surface area contributed by atoms with Crippen LogP contribution in [0.3, 0.4) is 0 Å². The molecule has 0 saturated heterocycles. The van der Waals surface area contributed by atoms with E-state index in [9.17, 15) is 26.3 Å². The van der Waals surface area contributed by atoms with Crippen molar-refractivity contribution in [3.05, 3.63) is 40.0 Å². The Morgan fingerprint density at radius 1 is 1.00 bits per heavy atom. The highest BCUT2D eigenvalue weighted by Gasteiger charge is 2.34. The monoisotopic (exact) mass is 444 g/mol. The Morgan fingerprint density at radius 2 is 1.69 bits per heavy atom. The van der Waals surface area contributed by atoms with Crippen LogP contribution in [0.15, 0.2) is 28.7 Å². The van der Waals surface area contributed by atoms with Gasteiger partial charge in [-0.1, -0.05) is 0 Å². The van der Waals surface area contributed by atoms with Gasteiger partial charge in [0.1, 0.15) is 5.82 Å². The van der Waals surface area contributed by atoms with Crippen molar-refractivity contribution in [3.63, 3.8) is 0 Å². The number of nitrogens with one attached hydrogen (secondary N) is 2. The number of halogens is 7. The van der Waals surface area contributed by atoms with E-state index in [1.54, 1.807) is 0 Å². The van der Waals surface area contributed by atoms with E-state index < -0.39 is 23.6 Å². The van der Waals surface area contributed by atoms with Crippen LogP contribution in [0.2, 0.25) is 0 Å². The predicted octanol–water partition coefficient (Wildman–Crippen LogP) is 4.42. The minimum Gasteiger partial charge on any atom is -0.395 e. The van der Waals surface area contributed by atoms with Crippen molar-refractivity contribution in [3.8, 4) is 0 Å². The second-order valence-electron chi connectivity index (χ2n) is 4.93. The van der Waals surface area contributed by atoms with Gasteiger partial charge in [0.15, 0.2) is 5.69 Å². The van der Waals surface area contributed by atoms with E-state index in [-0.39, 0.29) is 35.1 Å². The summed E-state index contributed by atoms with van der Waals surface area (Å²) in [5.74, 6) is -0.673. The van der Waals surface area contributed by atoms with Gasteiger partial charge in [-0.25, -0.2) is 4.98 Å². The van der Waals surface area contributed by atoms with Gasteiger partial charge in [0.25, 0.3) is 0 Å². The summed E-state index contributed by atoms with van der Waals surface area (Å²) in [4.78, 5) is 7.10. The number of anilines is 3. The zero-order valence-corrected chi connectivity index (χ0v) is 14.3. The van der Waals surface area contributed by atoms with E-state index >= 15 is 0 Å². The lowest BCUT2D eigenvalue weighted by molar-refractivity contribution is -0.141. The Kier molecular flexibility index (Phi) is 5.96. The quantitative estimate of drug-likeness (QED) is 0.595. The first-order valence-corrected chi connectivity index (χ1v) is 7.75. The Labute approximate surface area is 151 Å². The number of aliphatic hydroxyl groups excluding tert-OH is 1. The third kappa shape index (κ3) is 5.21. The lowest BCUT2D eigenvalue weighted by atomic mass is 10.2. The van der Waals surface area contributed by atoms with Crippen LogP contribution in [0, 0.1) is 0 Å². The minimum absolute atomic E-state index is 0.00985. The normalized spacial score (nSPS) is 12.2. The molecule has 142 valence electrons. The Balaban J connectivity index is 2.36. The van der Waals surface area contributed by atoms with Crippen LogP contribution in [-0.2, 0) is 12.4 Å². The maximum absolute atomic E-state index is 12.9. The molecular formula is C14H11BrF6N4O. The molecule has 0 aliphatic rings. The molecule has 1 heterocycles. The third-order valence-electron chi connectivity index (χ3n) is 2.97. The number of aromatic nitrogens is 2. The van der Waals surface area contributed by atoms with Crippen molar-refractivity contribution in [1.29, 1.82) is 0 Å². The van der Waals surface area contributed by atoms with Crippen LogP contribution in [0.25, 0.3) is 0 Å². The van der Waals surface area contributed by atoms with Gasteiger partial charge in [-0.15, -0.1) is 0 Å². The molecule has 0 aliphatic carbocycles. The number of benzene rings is 1. The summed E-state index contributed by atoms with van der Waals surface area (Å²) in [7, 11) is 0. The highest BCUT2D eigenvalue weighted by Crippen LogP contribution is 2.35. The van der Waals surface area contributed by atoms with Crippen molar-refractivity contribution in [2.45, 2.75) is 12.4 Å². The van der Waals surface area contributed by atoms with E-state index in [0.717, 1.165) is 18.2 Å². The van der Waals surface area contributed by atoms with Gasteiger partial charge in [-0.05, 0) is 34.1 Å². The van der Waals surface area contributed by atoms with Crippen LogP contribution >= 0.6 is 15.9 Å². The number of alkyl halides is 6. The summed E-state index contributed by atoms with van der Waals surface area (Å²) in [5, 5.41) is 13.7. The molecule has 26 heavy (non-hydrogen) atoms. The fourth-order valence-electron chi connectivity index (χ4n) is 1.83. The molecule has 12 heteroatoms. The lowest BCUT2D eigenvalue weighted by Gasteiger charge is -2.14. The SMILES string of the molecule is OCCNc1nc(Nc2ccc(C(F)(F)F)cc2Br)cc(C(F)(F)F)n1. The molecule has 0 spiro atoms. The second-order valence-corrected chi connectivity index (χ2v) is 5.78. The van der Waals surface area contributed by atoms with Gasteiger partial charge >= 0.3 is 12.4 Å². The van der Waals surface area contributed by atoms with E-state index in [2.05, 4.69) is 36.5 Å². The smallest absolute Gasteiger partial charge is 0.395 e. The summed E-state index contributed by atoms with van der Waals surface area (Å²) in [6.45, 7) is -0.433. The molecule has 3 N–H and O–H groups in total. The van der Waals surface area contributed by atoms with Crippen molar-refractivity contribution in [1.82, 2.24) is 9.97 Å². The fraction of sp³-hybridized carbons (Fsp3) is 0.286. The topological polar surface area (TPSA) is 70.1 Å². The Morgan fingerprint density at radius 3 is 2.23 bits per heavy atom.